The fourth-order valence-corrected chi connectivity index (χ4v) is 10.8. The third kappa shape index (κ3) is 8.65. The first-order valence-corrected chi connectivity index (χ1v) is 21.3. The molecule has 9 aliphatic rings. The summed E-state index contributed by atoms with van der Waals surface area (Å²) in [7, 11) is 0. The zero-order chi connectivity index (χ0) is 39.1. The van der Waals surface area contributed by atoms with E-state index < -0.39 is 28.5 Å². The van der Waals surface area contributed by atoms with E-state index in [1.807, 2.05) is 41.5 Å². The number of esters is 4. The molecule has 9 heteroatoms. The summed E-state index contributed by atoms with van der Waals surface area (Å²) in [5.74, 6) is 4.00. The molecule has 0 amide bonds. The van der Waals surface area contributed by atoms with Crippen LogP contribution >= 0.6 is 0 Å². The van der Waals surface area contributed by atoms with Crippen LogP contribution < -0.4 is 0 Å². The highest BCUT2D eigenvalue weighted by molar-refractivity contribution is 5.82. The highest BCUT2D eigenvalue weighted by Gasteiger charge is 2.60. The first-order chi connectivity index (χ1) is 24.7. The number of cyclic esters (lactones) is 1. The molecule has 4 unspecified atom stereocenters. The first kappa shape index (κ1) is 42.0. The summed E-state index contributed by atoms with van der Waals surface area (Å²) in [6.45, 7) is 20.1. The van der Waals surface area contributed by atoms with Gasteiger partial charge in [-0.25, -0.2) is 4.79 Å². The fraction of sp³-hybridized carbons (Fsp3) is 0.909. The molecular formula is C44H72O9. The Hall–Kier alpha value is -2.16. The maximum atomic E-state index is 12.6. The van der Waals surface area contributed by atoms with Gasteiger partial charge in [0.15, 0.2) is 0 Å². The van der Waals surface area contributed by atoms with E-state index >= 15 is 0 Å². The number of carbonyl (C=O) groups excluding carboxylic acids is 4. The minimum Gasteiger partial charge on any atom is -0.463 e. The van der Waals surface area contributed by atoms with Crippen LogP contribution in [-0.4, -0.2) is 59.0 Å². The molecule has 1 aliphatic heterocycles. The van der Waals surface area contributed by atoms with E-state index in [-0.39, 0.29) is 35.0 Å². The van der Waals surface area contributed by atoms with Crippen LogP contribution in [0.4, 0.5) is 0 Å². The second kappa shape index (κ2) is 15.8. The predicted molar refractivity (Wildman–Crippen MR) is 202 cm³/mol. The molecule has 53 heavy (non-hydrogen) atoms. The molecular weight excluding hydrogens is 672 g/mol. The van der Waals surface area contributed by atoms with Crippen molar-refractivity contribution >= 4 is 23.9 Å². The van der Waals surface area contributed by atoms with E-state index in [9.17, 15) is 24.3 Å². The van der Waals surface area contributed by atoms with Crippen LogP contribution in [0.3, 0.4) is 0 Å². The Bertz CT molecular complexity index is 1300. The van der Waals surface area contributed by atoms with E-state index in [1.165, 1.54) is 38.5 Å². The lowest BCUT2D eigenvalue weighted by Gasteiger charge is -2.60. The van der Waals surface area contributed by atoms with Crippen LogP contribution in [0, 0.1) is 57.7 Å². The lowest BCUT2D eigenvalue weighted by Crippen LogP contribution is -2.62. The van der Waals surface area contributed by atoms with Crippen molar-refractivity contribution in [2.75, 3.05) is 6.61 Å². The molecule has 0 aromatic carbocycles. The predicted octanol–water partition coefficient (Wildman–Crippen LogP) is 8.76. The average molecular weight is 745 g/mol. The van der Waals surface area contributed by atoms with Gasteiger partial charge in [-0.3, -0.25) is 14.4 Å². The van der Waals surface area contributed by atoms with Gasteiger partial charge in [-0.05, 0) is 173 Å². The Kier molecular flexibility index (Phi) is 12.5. The Balaban J connectivity index is 0.000000156. The smallest absolute Gasteiger partial charge is 0.347 e. The Morgan fingerprint density at radius 1 is 0.679 bits per heavy atom. The van der Waals surface area contributed by atoms with Gasteiger partial charge in [0.05, 0.1) is 22.9 Å². The number of hydrogen-bond donors (Lipinski definition) is 1. The summed E-state index contributed by atoms with van der Waals surface area (Å²) in [5, 5.41) is 10.9. The highest BCUT2D eigenvalue weighted by atomic mass is 16.6. The molecule has 1 N–H and O–H groups in total. The van der Waals surface area contributed by atoms with Gasteiger partial charge < -0.3 is 24.1 Å². The molecule has 1 saturated heterocycles. The summed E-state index contributed by atoms with van der Waals surface area (Å²) in [6, 6.07) is 0. The second-order valence-corrected chi connectivity index (χ2v) is 20.1. The molecule has 9 fully saturated rings. The maximum absolute atomic E-state index is 12.6. The number of ether oxygens (including phenoxy) is 4. The Morgan fingerprint density at radius 3 is 1.55 bits per heavy atom. The van der Waals surface area contributed by atoms with Gasteiger partial charge in [0.1, 0.15) is 17.3 Å². The topological polar surface area (TPSA) is 125 Å². The van der Waals surface area contributed by atoms with Crippen molar-refractivity contribution in [1.29, 1.82) is 0 Å². The summed E-state index contributed by atoms with van der Waals surface area (Å²) in [4.78, 5) is 47.5. The number of hydrogen-bond acceptors (Lipinski definition) is 9. The van der Waals surface area contributed by atoms with Crippen LogP contribution in [0.5, 0.6) is 0 Å². The molecule has 8 saturated carbocycles. The van der Waals surface area contributed by atoms with Gasteiger partial charge in [0.2, 0.25) is 6.10 Å². The number of rotatable bonds is 10. The van der Waals surface area contributed by atoms with E-state index in [4.69, 9.17) is 18.9 Å². The minimum absolute atomic E-state index is 0.0364. The normalized spacial score (nSPS) is 37.9. The van der Waals surface area contributed by atoms with Gasteiger partial charge in [-0.1, -0.05) is 27.7 Å². The molecule has 0 radical (unpaired) electrons. The molecule has 302 valence electrons. The van der Waals surface area contributed by atoms with Crippen LogP contribution in [0.25, 0.3) is 0 Å². The van der Waals surface area contributed by atoms with Crippen molar-refractivity contribution in [2.24, 2.45) is 57.7 Å². The van der Waals surface area contributed by atoms with Crippen molar-refractivity contribution in [1.82, 2.24) is 0 Å². The van der Waals surface area contributed by atoms with Crippen molar-refractivity contribution in [3.05, 3.63) is 0 Å². The highest BCUT2D eigenvalue weighted by Crippen LogP contribution is 2.61. The monoisotopic (exact) mass is 745 g/mol. The van der Waals surface area contributed by atoms with E-state index in [2.05, 4.69) is 13.8 Å². The lowest BCUT2D eigenvalue weighted by atomic mass is 9.49. The van der Waals surface area contributed by atoms with E-state index in [0.29, 0.717) is 49.0 Å². The first-order valence-electron chi connectivity index (χ1n) is 21.3. The van der Waals surface area contributed by atoms with E-state index in [0.717, 1.165) is 56.8 Å². The zero-order valence-electron chi connectivity index (χ0n) is 34.7. The minimum atomic E-state index is -0.728. The number of carbonyl (C=O) groups is 4. The van der Waals surface area contributed by atoms with Gasteiger partial charge in [-0.15, -0.1) is 0 Å². The third-order valence-electron chi connectivity index (χ3n) is 15.2. The van der Waals surface area contributed by atoms with Gasteiger partial charge in [-0.2, -0.15) is 0 Å². The van der Waals surface area contributed by atoms with Crippen molar-refractivity contribution in [3.8, 4) is 0 Å². The number of aliphatic hydroxyl groups is 1. The SMILES string of the molecule is CCC(C)(C)C(=O)OC1(CC)C2CC3CC(C2)CC1C3.CCC(C)(C)C(=O)OC1C2CC3CC(C2)CC1(O)C3.CCC(C)(C)C(=O)OC1CCOC1=O. The van der Waals surface area contributed by atoms with E-state index in [1.54, 1.807) is 13.8 Å². The Morgan fingerprint density at radius 2 is 1.13 bits per heavy atom. The van der Waals surface area contributed by atoms with Crippen molar-refractivity contribution < 1.29 is 43.2 Å². The molecule has 0 spiro atoms. The van der Waals surface area contributed by atoms with Gasteiger partial charge in [0.25, 0.3) is 0 Å². The molecule has 9 rings (SSSR count). The zero-order valence-corrected chi connectivity index (χ0v) is 34.7. The van der Waals surface area contributed by atoms with Gasteiger partial charge >= 0.3 is 23.9 Å². The molecule has 4 atom stereocenters. The van der Waals surface area contributed by atoms with Crippen LogP contribution in [0.1, 0.15) is 166 Å². The van der Waals surface area contributed by atoms with Crippen LogP contribution in [0.15, 0.2) is 0 Å². The average Bonchev–Trinajstić information content (AvgIpc) is 3.51. The summed E-state index contributed by atoms with van der Waals surface area (Å²) >= 11 is 0. The second-order valence-electron chi connectivity index (χ2n) is 20.1. The fourth-order valence-electron chi connectivity index (χ4n) is 10.8. The van der Waals surface area contributed by atoms with Crippen molar-refractivity contribution in [3.63, 3.8) is 0 Å². The standard InChI is InChI=1S/C18H30O2.C16H26O3.C10H16O4/c1-5-17(3,4)16(19)20-18(6-2)14-8-12-7-13(10-14)11-15(18)9-12;1-4-15(2,3)14(17)19-13-12-6-10-5-11(7-12)9-16(13,18)8-10;1-4-10(2,3)9(12)14-7-5-6-13-8(7)11/h12-15H,5-11H2,1-4H3;10-13,18H,4-9H2,1-3H3;7H,4-6H2,1-3H3. The lowest BCUT2D eigenvalue weighted by molar-refractivity contribution is -0.227. The molecule has 0 aromatic heterocycles. The third-order valence-corrected chi connectivity index (χ3v) is 15.2. The van der Waals surface area contributed by atoms with Crippen LogP contribution in [-0.2, 0) is 38.1 Å². The molecule has 8 bridgehead atoms. The van der Waals surface area contributed by atoms with Crippen molar-refractivity contribution in [2.45, 2.75) is 189 Å². The molecule has 8 aliphatic carbocycles. The molecule has 1 heterocycles. The maximum Gasteiger partial charge on any atom is 0.347 e. The quantitative estimate of drug-likeness (QED) is 0.173. The summed E-state index contributed by atoms with van der Waals surface area (Å²) < 4.78 is 21.8. The summed E-state index contributed by atoms with van der Waals surface area (Å²) in [6.07, 6.45) is 14.8. The van der Waals surface area contributed by atoms with Crippen LogP contribution in [0.2, 0.25) is 0 Å². The van der Waals surface area contributed by atoms with Gasteiger partial charge in [0, 0.05) is 6.42 Å². The largest absolute Gasteiger partial charge is 0.463 e. The molecule has 9 nitrogen and oxygen atoms in total. The Labute approximate surface area is 319 Å². The molecule has 0 aromatic rings. The summed E-state index contributed by atoms with van der Waals surface area (Å²) in [5.41, 5.74) is -2.16.